The maximum Gasteiger partial charge on any atom is 0.234 e. The molecular formula is C15H14ClNO3. The number of furan rings is 1. The van der Waals surface area contributed by atoms with E-state index in [-0.39, 0.29) is 5.91 Å². The summed E-state index contributed by atoms with van der Waals surface area (Å²) in [5, 5.41) is 13.7. The van der Waals surface area contributed by atoms with Gasteiger partial charge in [0.05, 0.1) is 17.4 Å². The fraction of sp³-hybridized carbons (Fsp3) is 0.267. The van der Waals surface area contributed by atoms with Crippen LogP contribution >= 0.6 is 11.6 Å². The normalized spacial score (nSPS) is 17.7. The van der Waals surface area contributed by atoms with Gasteiger partial charge in [-0.05, 0) is 43.7 Å². The smallest absolute Gasteiger partial charge is 0.234 e. The summed E-state index contributed by atoms with van der Waals surface area (Å²) in [6.45, 7) is 3.65. The van der Waals surface area contributed by atoms with Crippen molar-refractivity contribution in [1.29, 1.82) is 0 Å². The van der Waals surface area contributed by atoms with Gasteiger partial charge in [-0.15, -0.1) is 0 Å². The van der Waals surface area contributed by atoms with Crippen LogP contribution in [0.4, 0.5) is 5.69 Å². The molecule has 1 aromatic heterocycles. The number of amides is 1. The molecule has 0 fully saturated rings. The van der Waals surface area contributed by atoms with Gasteiger partial charge in [0.2, 0.25) is 5.91 Å². The van der Waals surface area contributed by atoms with Gasteiger partial charge in [-0.1, -0.05) is 11.6 Å². The molecule has 4 nitrogen and oxygen atoms in total. The number of halogens is 1. The van der Waals surface area contributed by atoms with Gasteiger partial charge in [0.15, 0.2) is 0 Å². The molecule has 0 radical (unpaired) electrons. The summed E-state index contributed by atoms with van der Waals surface area (Å²) in [4.78, 5) is 12.1. The molecule has 5 heteroatoms. The van der Waals surface area contributed by atoms with Gasteiger partial charge in [0.1, 0.15) is 11.9 Å². The number of aliphatic hydroxyl groups excluding tert-OH is 1. The number of aliphatic hydroxyl groups is 1. The van der Waals surface area contributed by atoms with Crippen molar-refractivity contribution in [3.63, 3.8) is 0 Å². The minimum atomic E-state index is -0.966. The van der Waals surface area contributed by atoms with E-state index in [0.29, 0.717) is 22.0 Å². The number of carbonyl (C=O) groups excluding carboxylic acids is 1. The molecular weight excluding hydrogens is 278 g/mol. The lowest BCUT2D eigenvalue weighted by molar-refractivity contribution is -0.119. The molecule has 20 heavy (non-hydrogen) atoms. The summed E-state index contributed by atoms with van der Waals surface area (Å²) in [5.74, 6) is 0.302. The van der Waals surface area contributed by atoms with Gasteiger partial charge in [-0.3, -0.25) is 4.79 Å². The SMILES string of the molecule is CC1(C)C(=O)Nc2c(C(O)c3ccco3)cc(Cl)cc21. The first-order chi connectivity index (χ1) is 9.41. The van der Waals surface area contributed by atoms with Crippen LogP contribution in [0.2, 0.25) is 5.02 Å². The molecule has 0 aliphatic carbocycles. The van der Waals surface area contributed by atoms with E-state index in [9.17, 15) is 9.90 Å². The lowest BCUT2D eigenvalue weighted by Crippen LogP contribution is -2.26. The lowest BCUT2D eigenvalue weighted by Gasteiger charge is -2.17. The summed E-state index contributed by atoms with van der Waals surface area (Å²) in [7, 11) is 0. The molecule has 0 saturated heterocycles. The van der Waals surface area contributed by atoms with E-state index >= 15 is 0 Å². The average Bonchev–Trinajstić information content (AvgIpc) is 2.99. The van der Waals surface area contributed by atoms with Gasteiger partial charge < -0.3 is 14.8 Å². The van der Waals surface area contributed by atoms with Crippen molar-refractivity contribution in [1.82, 2.24) is 0 Å². The van der Waals surface area contributed by atoms with E-state index in [1.165, 1.54) is 6.26 Å². The Morgan fingerprint density at radius 1 is 1.40 bits per heavy atom. The number of benzene rings is 1. The molecule has 1 aromatic carbocycles. The highest BCUT2D eigenvalue weighted by atomic mass is 35.5. The Balaban J connectivity index is 2.17. The molecule has 1 aliphatic heterocycles. The minimum absolute atomic E-state index is 0.109. The van der Waals surface area contributed by atoms with Crippen molar-refractivity contribution in [3.05, 3.63) is 52.4 Å². The number of anilines is 1. The van der Waals surface area contributed by atoms with Crippen LogP contribution in [0.15, 0.2) is 34.9 Å². The number of fused-ring (bicyclic) bond motifs is 1. The Labute approximate surface area is 121 Å². The van der Waals surface area contributed by atoms with E-state index in [1.54, 1.807) is 24.3 Å². The van der Waals surface area contributed by atoms with Gasteiger partial charge in [-0.25, -0.2) is 0 Å². The number of rotatable bonds is 2. The number of nitrogens with one attached hydrogen (secondary N) is 1. The maximum atomic E-state index is 12.1. The predicted molar refractivity (Wildman–Crippen MR) is 75.9 cm³/mol. The van der Waals surface area contributed by atoms with Crippen molar-refractivity contribution in [2.45, 2.75) is 25.4 Å². The Bertz CT molecular complexity index is 677. The molecule has 2 N–H and O–H groups in total. The van der Waals surface area contributed by atoms with Gasteiger partial charge in [-0.2, -0.15) is 0 Å². The highest BCUT2D eigenvalue weighted by Gasteiger charge is 2.40. The third-order valence-electron chi connectivity index (χ3n) is 3.72. The van der Waals surface area contributed by atoms with Crippen molar-refractivity contribution in [2.24, 2.45) is 0 Å². The highest BCUT2D eigenvalue weighted by Crippen LogP contribution is 2.44. The summed E-state index contributed by atoms with van der Waals surface area (Å²) in [6, 6.07) is 6.79. The summed E-state index contributed by atoms with van der Waals surface area (Å²) < 4.78 is 5.22. The molecule has 0 spiro atoms. The molecule has 1 unspecified atom stereocenters. The highest BCUT2D eigenvalue weighted by molar-refractivity contribution is 6.31. The zero-order chi connectivity index (χ0) is 14.5. The summed E-state index contributed by atoms with van der Waals surface area (Å²) >= 11 is 6.13. The Morgan fingerprint density at radius 2 is 2.15 bits per heavy atom. The fourth-order valence-electron chi connectivity index (χ4n) is 2.47. The molecule has 0 saturated carbocycles. The van der Waals surface area contributed by atoms with Crippen molar-refractivity contribution >= 4 is 23.2 Å². The predicted octanol–water partition coefficient (Wildman–Crippen LogP) is 3.24. The first-order valence-electron chi connectivity index (χ1n) is 6.28. The molecule has 3 rings (SSSR count). The second-order valence-electron chi connectivity index (χ2n) is 5.41. The van der Waals surface area contributed by atoms with E-state index in [2.05, 4.69) is 5.32 Å². The van der Waals surface area contributed by atoms with E-state index < -0.39 is 11.5 Å². The summed E-state index contributed by atoms with van der Waals surface area (Å²) in [5.41, 5.74) is 1.28. The molecule has 2 aromatic rings. The average molecular weight is 292 g/mol. The zero-order valence-corrected chi connectivity index (χ0v) is 11.9. The molecule has 104 valence electrons. The van der Waals surface area contributed by atoms with Crippen LogP contribution in [0.25, 0.3) is 0 Å². The van der Waals surface area contributed by atoms with Crippen LogP contribution in [0, 0.1) is 0 Å². The van der Waals surface area contributed by atoms with Crippen LogP contribution < -0.4 is 5.32 Å². The van der Waals surface area contributed by atoms with Gasteiger partial charge in [0.25, 0.3) is 0 Å². The largest absolute Gasteiger partial charge is 0.466 e. The molecule has 2 heterocycles. The monoisotopic (exact) mass is 291 g/mol. The Hall–Kier alpha value is -1.78. The first kappa shape index (κ1) is 13.2. The van der Waals surface area contributed by atoms with Crippen LogP contribution in [-0.2, 0) is 10.2 Å². The molecule has 1 aliphatic rings. The fourth-order valence-corrected chi connectivity index (χ4v) is 2.69. The third kappa shape index (κ3) is 1.84. The number of hydrogen-bond donors (Lipinski definition) is 2. The van der Waals surface area contributed by atoms with E-state index in [0.717, 1.165) is 5.56 Å². The van der Waals surface area contributed by atoms with Crippen LogP contribution in [0.5, 0.6) is 0 Å². The van der Waals surface area contributed by atoms with Gasteiger partial charge in [0, 0.05) is 10.6 Å². The molecule has 1 atom stereocenters. The summed E-state index contributed by atoms with van der Waals surface area (Å²) in [6.07, 6.45) is 0.526. The van der Waals surface area contributed by atoms with Crippen molar-refractivity contribution in [2.75, 3.05) is 5.32 Å². The Kier molecular flexibility index (Phi) is 2.88. The Morgan fingerprint density at radius 3 is 2.80 bits per heavy atom. The zero-order valence-electron chi connectivity index (χ0n) is 11.1. The molecule has 0 bridgehead atoms. The second-order valence-corrected chi connectivity index (χ2v) is 5.85. The number of hydrogen-bond acceptors (Lipinski definition) is 3. The second kappa shape index (κ2) is 4.36. The maximum absolute atomic E-state index is 12.1. The quantitative estimate of drug-likeness (QED) is 0.893. The van der Waals surface area contributed by atoms with Crippen LogP contribution in [0.3, 0.4) is 0 Å². The minimum Gasteiger partial charge on any atom is -0.466 e. The van der Waals surface area contributed by atoms with Crippen molar-refractivity contribution < 1.29 is 14.3 Å². The van der Waals surface area contributed by atoms with Crippen LogP contribution in [-0.4, -0.2) is 11.0 Å². The topological polar surface area (TPSA) is 62.5 Å². The van der Waals surface area contributed by atoms with Crippen molar-refractivity contribution in [3.8, 4) is 0 Å². The van der Waals surface area contributed by atoms with E-state index in [1.807, 2.05) is 13.8 Å². The van der Waals surface area contributed by atoms with Crippen LogP contribution in [0.1, 0.15) is 36.8 Å². The van der Waals surface area contributed by atoms with Gasteiger partial charge >= 0.3 is 0 Å². The number of carbonyl (C=O) groups is 1. The standard InChI is InChI=1S/C15H14ClNO3/c1-15(2)10-7-8(16)6-9(12(10)17-14(15)19)13(18)11-4-3-5-20-11/h3-7,13,18H,1-2H3,(H,17,19). The molecule has 1 amide bonds. The first-order valence-corrected chi connectivity index (χ1v) is 6.66. The third-order valence-corrected chi connectivity index (χ3v) is 3.94. The lowest BCUT2D eigenvalue weighted by atomic mass is 9.85. The van der Waals surface area contributed by atoms with E-state index in [4.69, 9.17) is 16.0 Å².